The molecule has 0 fully saturated rings. The Kier molecular flexibility index (Phi) is 12.3. The van der Waals surface area contributed by atoms with Gasteiger partial charge in [0.15, 0.2) is 11.6 Å². The quantitative estimate of drug-likeness (QED) is 0.107. The van der Waals surface area contributed by atoms with Crippen LogP contribution in [0, 0.1) is 13.8 Å². The van der Waals surface area contributed by atoms with Gasteiger partial charge in [0.2, 0.25) is 11.8 Å². The van der Waals surface area contributed by atoms with Crippen molar-refractivity contribution in [2.75, 3.05) is 26.8 Å². The summed E-state index contributed by atoms with van der Waals surface area (Å²) in [4.78, 5) is 36.7. The SMILES string of the molecule is CCNC(=O)C[C@H]1N=C(c2ccc(Cl)cc2)c2cc(OCCCCNC(=O)CC3=NC(c4ccc(Cl)cc4)c4cc(OC)ccc4-n4c(C)nnc43)ccc2-n2c(C)nnc21. The first-order chi connectivity index (χ1) is 29.6. The molecule has 8 rings (SSSR count). The van der Waals surface area contributed by atoms with Crippen molar-refractivity contribution in [1.29, 1.82) is 0 Å². The third kappa shape index (κ3) is 8.77. The number of hydrogen-bond acceptors (Lipinski definition) is 10. The number of halogens is 2. The Balaban J connectivity index is 0.953. The van der Waals surface area contributed by atoms with Gasteiger partial charge in [0.05, 0.1) is 49.4 Å². The van der Waals surface area contributed by atoms with Crippen molar-refractivity contribution in [3.63, 3.8) is 0 Å². The molecule has 4 heterocycles. The summed E-state index contributed by atoms with van der Waals surface area (Å²) in [7, 11) is 1.63. The van der Waals surface area contributed by atoms with E-state index in [-0.39, 0.29) is 24.7 Å². The molecule has 2 aliphatic heterocycles. The number of carbonyl (C=O) groups is 2. The number of ether oxygens (including phenoxy) is 2. The number of rotatable bonds is 14. The van der Waals surface area contributed by atoms with Crippen molar-refractivity contribution in [1.82, 2.24) is 40.2 Å². The summed E-state index contributed by atoms with van der Waals surface area (Å²) in [6.45, 7) is 7.01. The fraction of sp³-hybridized carbons (Fsp3) is 0.289. The second-order valence-electron chi connectivity index (χ2n) is 14.7. The van der Waals surface area contributed by atoms with E-state index < -0.39 is 12.1 Å². The molecule has 0 bridgehead atoms. The third-order valence-corrected chi connectivity index (χ3v) is 11.1. The molecule has 61 heavy (non-hydrogen) atoms. The molecule has 312 valence electrons. The summed E-state index contributed by atoms with van der Waals surface area (Å²) in [6.07, 6.45) is 1.48. The van der Waals surface area contributed by atoms with Crippen molar-refractivity contribution >= 4 is 46.4 Å². The second kappa shape index (κ2) is 18.1. The van der Waals surface area contributed by atoms with Gasteiger partial charge in [-0.1, -0.05) is 47.5 Å². The Morgan fingerprint density at radius 1 is 0.754 bits per heavy atom. The highest BCUT2D eigenvalue weighted by molar-refractivity contribution is 6.31. The maximum absolute atomic E-state index is 13.5. The lowest BCUT2D eigenvalue weighted by molar-refractivity contribution is -0.121. The van der Waals surface area contributed by atoms with Crippen LogP contribution < -0.4 is 20.1 Å². The molecule has 0 saturated heterocycles. The first-order valence-corrected chi connectivity index (χ1v) is 20.9. The number of aryl methyl sites for hydroxylation is 2. The third-order valence-electron chi connectivity index (χ3n) is 10.6. The number of aliphatic imine (C=N–C) groups is 2. The fourth-order valence-electron chi connectivity index (χ4n) is 7.67. The molecule has 16 heteroatoms. The molecule has 2 amide bonds. The summed E-state index contributed by atoms with van der Waals surface area (Å²) in [6, 6.07) is 25.7. The number of methoxy groups -OCH3 is 1. The van der Waals surface area contributed by atoms with Gasteiger partial charge in [-0.2, -0.15) is 0 Å². The number of nitrogens with zero attached hydrogens (tertiary/aromatic N) is 8. The lowest BCUT2D eigenvalue weighted by atomic mass is 9.97. The summed E-state index contributed by atoms with van der Waals surface area (Å²) in [5.41, 5.74) is 6.35. The lowest BCUT2D eigenvalue weighted by Crippen LogP contribution is -2.28. The maximum atomic E-state index is 13.5. The molecule has 0 spiro atoms. The Hall–Kier alpha value is -6.38. The number of carbonyl (C=O) groups excluding carboxylic acids is 2. The Bertz CT molecular complexity index is 2650. The van der Waals surface area contributed by atoms with E-state index in [1.54, 1.807) is 7.11 Å². The zero-order valence-electron chi connectivity index (χ0n) is 34.2. The van der Waals surface area contributed by atoms with Crippen molar-refractivity contribution in [3.8, 4) is 22.9 Å². The van der Waals surface area contributed by atoms with E-state index in [2.05, 4.69) is 31.0 Å². The van der Waals surface area contributed by atoms with Gasteiger partial charge < -0.3 is 20.1 Å². The van der Waals surface area contributed by atoms with E-state index in [4.69, 9.17) is 42.7 Å². The van der Waals surface area contributed by atoms with Crippen LogP contribution in [0.2, 0.25) is 10.0 Å². The van der Waals surface area contributed by atoms with Crippen LogP contribution in [-0.4, -0.2) is 79.6 Å². The van der Waals surface area contributed by atoms with E-state index in [1.807, 2.05) is 115 Å². The summed E-state index contributed by atoms with van der Waals surface area (Å²) < 4.78 is 15.8. The lowest BCUT2D eigenvalue weighted by Gasteiger charge is -2.18. The summed E-state index contributed by atoms with van der Waals surface area (Å²) >= 11 is 12.5. The van der Waals surface area contributed by atoms with Gasteiger partial charge in [-0.15, -0.1) is 20.4 Å². The van der Waals surface area contributed by atoms with Gasteiger partial charge in [-0.05, 0) is 99.8 Å². The molecule has 2 aliphatic rings. The minimum Gasteiger partial charge on any atom is -0.497 e. The van der Waals surface area contributed by atoms with Crippen LogP contribution in [0.5, 0.6) is 11.5 Å². The molecule has 4 aromatic carbocycles. The van der Waals surface area contributed by atoms with Gasteiger partial charge in [0.25, 0.3) is 0 Å². The Morgan fingerprint density at radius 2 is 1.46 bits per heavy atom. The highest BCUT2D eigenvalue weighted by atomic mass is 35.5. The predicted octanol–water partition coefficient (Wildman–Crippen LogP) is 7.46. The van der Waals surface area contributed by atoms with E-state index in [1.165, 1.54) is 0 Å². The molecular weight excluding hydrogens is 815 g/mol. The minimum atomic E-state index is -0.576. The number of fused-ring (bicyclic) bond motifs is 6. The first kappa shape index (κ1) is 41.4. The largest absolute Gasteiger partial charge is 0.497 e. The van der Waals surface area contributed by atoms with E-state index in [9.17, 15) is 9.59 Å². The number of benzene rings is 4. The van der Waals surface area contributed by atoms with E-state index in [0.717, 1.165) is 33.6 Å². The number of nitrogens with one attached hydrogen (secondary N) is 2. The molecular formula is C45H44Cl2N10O4. The van der Waals surface area contributed by atoms with Crippen LogP contribution >= 0.6 is 23.2 Å². The molecule has 6 aromatic rings. The van der Waals surface area contributed by atoms with Gasteiger partial charge in [0, 0.05) is 39.8 Å². The molecule has 0 saturated carbocycles. The smallest absolute Gasteiger partial charge is 0.226 e. The van der Waals surface area contributed by atoms with Gasteiger partial charge in [-0.25, -0.2) is 0 Å². The van der Waals surface area contributed by atoms with Crippen LogP contribution in [0.3, 0.4) is 0 Å². The first-order valence-electron chi connectivity index (χ1n) is 20.1. The van der Waals surface area contributed by atoms with E-state index in [0.29, 0.717) is 88.8 Å². The van der Waals surface area contributed by atoms with Crippen LogP contribution in [0.25, 0.3) is 11.4 Å². The van der Waals surface area contributed by atoms with Gasteiger partial charge in [-0.3, -0.25) is 28.7 Å². The molecule has 2 N–H and O–H groups in total. The van der Waals surface area contributed by atoms with Crippen molar-refractivity contribution in [2.45, 2.75) is 58.5 Å². The standard InChI is InChI=1S/C45H44Cl2N10O4/c1-5-48-40(58)24-36-44-54-53-27(3)57(44)39-19-17-33(23-35(39)43(50-36)29-10-14-31(47)15-11-29)61-21-7-6-20-49-41(59)25-37-45-55-52-26(2)56(45)38-18-16-32(60-4)22-34(38)42(51-37)28-8-12-30(46)13-9-28/h8-19,22-23,36,42H,5-7,20-21,24-25H2,1-4H3,(H,48,58)(H,49,59)/t36-,42?/m1/s1. The molecule has 2 aromatic heterocycles. The van der Waals surface area contributed by atoms with Crippen molar-refractivity contribution in [3.05, 3.63) is 141 Å². The molecule has 0 aliphatic carbocycles. The minimum absolute atomic E-state index is 0.00817. The van der Waals surface area contributed by atoms with Gasteiger partial charge >= 0.3 is 0 Å². The molecule has 2 atom stereocenters. The maximum Gasteiger partial charge on any atom is 0.226 e. The second-order valence-corrected chi connectivity index (χ2v) is 15.6. The normalized spacial score (nSPS) is 15.2. The zero-order valence-corrected chi connectivity index (χ0v) is 35.7. The highest BCUT2D eigenvalue weighted by Gasteiger charge is 2.31. The monoisotopic (exact) mass is 858 g/mol. The van der Waals surface area contributed by atoms with Crippen LogP contribution in [0.15, 0.2) is 94.9 Å². The van der Waals surface area contributed by atoms with Crippen molar-refractivity contribution < 1.29 is 19.1 Å². The fourth-order valence-corrected chi connectivity index (χ4v) is 7.92. The number of hydrogen-bond donors (Lipinski definition) is 2. The predicted molar refractivity (Wildman–Crippen MR) is 234 cm³/mol. The topological polar surface area (TPSA) is 163 Å². The average molecular weight is 860 g/mol. The molecule has 1 unspecified atom stereocenters. The Labute approximate surface area is 363 Å². The van der Waals surface area contributed by atoms with Gasteiger partial charge in [0.1, 0.15) is 35.2 Å². The number of unbranched alkanes of at least 4 members (excludes halogenated alkanes) is 1. The van der Waals surface area contributed by atoms with Crippen LogP contribution in [0.1, 0.15) is 90.2 Å². The molecule has 14 nitrogen and oxygen atoms in total. The number of amides is 2. The zero-order chi connectivity index (χ0) is 42.6. The van der Waals surface area contributed by atoms with Crippen LogP contribution in [-0.2, 0) is 9.59 Å². The van der Waals surface area contributed by atoms with Crippen molar-refractivity contribution in [2.24, 2.45) is 9.98 Å². The average Bonchev–Trinajstić information content (AvgIpc) is 3.76. The summed E-state index contributed by atoms with van der Waals surface area (Å²) in [5.74, 6) is 3.48. The van der Waals surface area contributed by atoms with Crippen LogP contribution in [0.4, 0.5) is 0 Å². The number of aromatic nitrogens is 6. The summed E-state index contributed by atoms with van der Waals surface area (Å²) in [5, 5.41) is 24.8. The molecule has 0 radical (unpaired) electrons. The van der Waals surface area contributed by atoms with E-state index >= 15 is 0 Å². The highest BCUT2D eigenvalue weighted by Crippen LogP contribution is 2.38. The Morgan fingerprint density at radius 3 is 2.21 bits per heavy atom.